The Morgan fingerprint density at radius 2 is 1.65 bits per heavy atom. The summed E-state index contributed by atoms with van der Waals surface area (Å²) < 4.78 is 2.27. The number of hydrogen-bond acceptors (Lipinski definition) is 3. The minimum absolute atomic E-state index is 0.454. The molecule has 4 nitrogen and oxygen atoms in total. The maximum Gasteiger partial charge on any atom is 0.0951 e. The van der Waals surface area contributed by atoms with Crippen molar-refractivity contribution in [3.63, 3.8) is 0 Å². The first-order chi connectivity index (χ1) is 12.8. The van der Waals surface area contributed by atoms with Gasteiger partial charge < -0.3 is 4.57 Å². The van der Waals surface area contributed by atoms with Crippen LogP contribution in [0.2, 0.25) is 0 Å². The van der Waals surface area contributed by atoms with Gasteiger partial charge in [-0.25, -0.2) is 4.98 Å². The van der Waals surface area contributed by atoms with Gasteiger partial charge in [0.2, 0.25) is 0 Å². The van der Waals surface area contributed by atoms with E-state index in [1.807, 2.05) is 12.5 Å². The number of benzene rings is 2. The monoisotopic (exact) mass is 346 g/mol. The van der Waals surface area contributed by atoms with Crippen LogP contribution in [-0.2, 0) is 13.1 Å². The topological polar surface area (TPSA) is 24.3 Å². The molecule has 0 amide bonds. The molecule has 134 valence electrons. The van der Waals surface area contributed by atoms with Gasteiger partial charge in [0.05, 0.1) is 12.0 Å². The normalized spacial score (nSPS) is 18.9. The lowest BCUT2D eigenvalue weighted by atomic mass is 10.0. The lowest BCUT2D eigenvalue weighted by Crippen LogP contribution is -2.46. The van der Waals surface area contributed by atoms with Crippen molar-refractivity contribution in [1.29, 1.82) is 0 Å². The minimum atomic E-state index is 0.454. The summed E-state index contributed by atoms with van der Waals surface area (Å²) >= 11 is 0. The number of piperazine rings is 1. The molecule has 3 aromatic rings. The first kappa shape index (κ1) is 17.0. The number of hydrogen-bond donors (Lipinski definition) is 0. The van der Waals surface area contributed by atoms with Gasteiger partial charge in [-0.15, -0.1) is 0 Å². The van der Waals surface area contributed by atoms with Crippen molar-refractivity contribution in [3.8, 4) is 0 Å². The lowest BCUT2D eigenvalue weighted by Gasteiger charge is -2.39. The van der Waals surface area contributed by atoms with Crippen molar-refractivity contribution < 1.29 is 0 Å². The molecule has 1 aliphatic heterocycles. The van der Waals surface area contributed by atoms with E-state index in [0.29, 0.717) is 6.04 Å². The third-order valence-electron chi connectivity index (χ3n) is 5.30. The average Bonchev–Trinajstić information content (AvgIpc) is 3.11. The second-order valence-corrected chi connectivity index (χ2v) is 7.14. The molecule has 1 aliphatic rings. The van der Waals surface area contributed by atoms with Crippen molar-refractivity contribution in [2.24, 2.45) is 0 Å². The second kappa shape index (κ2) is 7.85. The molecule has 2 aromatic carbocycles. The predicted molar refractivity (Wildman–Crippen MR) is 105 cm³/mol. The Bertz CT molecular complexity index is 812. The van der Waals surface area contributed by atoms with Gasteiger partial charge in [0.15, 0.2) is 0 Å². The van der Waals surface area contributed by atoms with Crippen molar-refractivity contribution >= 4 is 0 Å². The van der Waals surface area contributed by atoms with Crippen LogP contribution in [-0.4, -0.2) is 46.0 Å². The Labute approximate surface area is 155 Å². The summed E-state index contributed by atoms with van der Waals surface area (Å²) in [5.74, 6) is 0. The van der Waals surface area contributed by atoms with Gasteiger partial charge in [-0.05, 0) is 18.2 Å². The van der Waals surface area contributed by atoms with Gasteiger partial charge in [0, 0.05) is 45.0 Å². The van der Waals surface area contributed by atoms with Crippen molar-refractivity contribution in [3.05, 3.63) is 90.0 Å². The number of aromatic nitrogens is 2. The summed E-state index contributed by atoms with van der Waals surface area (Å²) in [5.41, 5.74) is 4.00. The molecule has 0 spiro atoms. The molecule has 1 fully saturated rings. The molecule has 0 saturated carbocycles. The Hall–Kier alpha value is -2.43. The first-order valence-corrected chi connectivity index (χ1v) is 9.30. The van der Waals surface area contributed by atoms with Crippen LogP contribution >= 0.6 is 0 Å². The SMILES string of the molecule is CN1CCN(Cc2cncn2Cc2ccccc2)C[C@H]1c1ccccc1. The van der Waals surface area contributed by atoms with Crippen LogP contribution in [0.1, 0.15) is 22.9 Å². The molecule has 26 heavy (non-hydrogen) atoms. The zero-order valence-electron chi connectivity index (χ0n) is 15.3. The fourth-order valence-electron chi connectivity index (χ4n) is 3.74. The highest BCUT2D eigenvalue weighted by atomic mass is 15.3. The van der Waals surface area contributed by atoms with Crippen LogP contribution in [0.15, 0.2) is 73.2 Å². The Balaban J connectivity index is 1.45. The first-order valence-electron chi connectivity index (χ1n) is 9.30. The van der Waals surface area contributed by atoms with E-state index in [4.69, 9.17) is 0 Å². The average molecular weight is 346 g/mol. The van der Waals surface area contributed by atoms with Gasteiger partial charge in [-0.2, -0.15) is 0 Å². The highest BCUT2D eigenvalue weighted by Gasteiger charge is 2.26. The zero-order chi connectivity index (χ0) is 17.8. The van der Waals surface area contributed by atoms with Gasteiger partial charge in [0.1, 0.15) is 0 Å². The summed E-state index contributed by atoms with van der Waals surface area (Å²) in [6.45, 7) is 5.07. The Kier molecular flexibility index (Phi) is 5.14. The Morgan fingerprint density at radius 3 is 2.42 bits per heavy atom. The molecule has 1 saturated heterocycles. The summed E-state index contributed by atoms with van der Waals surface area (Å²) in [7, 11) is 2.23. The van der Waals surface area contributed by atoms with Crippen LogP contribution < -0.4 is 0 Å². The van der Waals surface area contributed by atoms with E-state index >= 15 is 0 Å². The summed E-state index contributed by atoms with van der Waals surface area (Å²) in [6.07, 6.45) is 3.96. The van der Waals surface area contributed by atoms with E-state index in [0.717, 1.165) is 32.7 Å². The molecular weight excluding hydrogens is 320 g/mol. The molecule has 0 aliphatic carbocycles. The number of imidazole rings is 1. The molecule has 4 rings (SSSR count). The Morgan fingerprint density at radius 1 is 0.923 bits per heavy atom. The lowest BCUT2D eigenvalue weighted by molar-refractivity contribution is 0.0889. The van der Waals surface area contributed by atoms with Gasteiger partial charge in [0.25, 0.3) is 0 Å². The fourth-order valence-corrected chi connectivity index (χ4v) is 3.74. The molecule has 4 heteroatoms. The minimum Gasteiger partial charge on any atom is -0.329 e. The third-order valence-corrected chi connectivity index (χ3v) is 5.30. The predicted octanol–water partition coefficient (Wildman–Crippen LogP) is 3.42. The van der Waals surface area contributed by atoms with Crippen LogP contribution in [0.4, 0.5) is 0 Å². The van der Waals surface area contributed by atoms with E-state index in [1.54, 1.807) is 0 Å². The van der Waals surface area contributed by atoms with Crippen LogP contribution in [0.3, 0.4) is 0 Å². The third kappa shape index (κ3) is 3.87. The van der Waals surface area contributed by atoms with Crippen LogP contribution in [0.5, 0.6) is 0 Å². The standard InChI is InChI=1S/C22H26N4/c1-24-12-13-25(17-22(24)20-10-6-3-7-11-20)16-21-14-23-18-26(21)15-19-8-4-2-5-9-19/h2-11,14,18,22H,12-13,15-17H2,1H3/t22-/m0/s1. The molecule has 0 radical (unpaired) electrons. The van der Waals surface area contributed by atoms with E-state index in [2.05, 4.69) is 87.1 Å². The van der Waals surface area contributed by atoms with E-state index < -0.39 is 0 Å². The molecule has 1 atom stereocenters. The summed E-state index contributed by atoms with van der Waals surface area (Å²) in [4.78, 5) is 9.42. The van der Waals surface area contributed by atoms with E-state index in [9.17, 15) is 0 Å². The molecule has 2 heterocycles. The summed E-state index contributed by atoms with van der Waals surface area (Å²) in [5, 5.41) is 0. The molecule has 0 bridgehead atoms. The smallest absolute Gasteiger partial charge is 0.0951 e. The number of likely N-dealkylation sites (N-methyl/N-ethyl adjacent to an activating group) is 1. The fraction of sp³-hybridized carbons (Fsp3) is 0.318. The number of nitrogens with zero attached hydrogens (tertiary/aromatic N) is 4. The zero-order valence-corrected chi connectivity index (χ0v) is 15.3. The van der Waals surface area contributed by atoms with Gasteiger partial charge >= 0.3 is 0 Å². The summed E-state index contributed by atoms with van der Waals surface area (Å²) in [6, 6.07) is 21.9. The highest BCUT2D eigenvalue weighted by molar-refractivity contribution is 5.20. The van der Waals surface area contributed by atoms with Crippen LogP contribution in [0.25, 0.3) is 0 Å². The number of rotatable bonds is 5. The van der Waals surface area contributed by atoms with Gasteiger partial charge in [-0.3, -0.25) is 9.80 Å². The van der Waals surface area contributed by atoms with Crippen molar-refractivity contribution in [1.82, 2.24) is 19.4 Å². The van der Waals surface area contributed by atoms with Crippen LogP contribution in [0, 0.1) is 0 Å². The molecular formula is C22H26N4. The van der Waals surface area contributed by atoms with E-state index in [-0.39, 0.29) is 0 Å². The molecule has 0 unspecified atom stereocenters. The van der Waals surface area contributed by atoms with E-state index in [1.165, 1.54) is 16.8 Å². The van der Waals surface area contributed by atoms with Crippen molar-refractivity contribution in [2.75, 3.05) is 26.7 Å². The van der Waals surface area contributed by atoms with Gasteiger partial charge in [-0.1, -0.05) is 60.7 Å². The molecule has 1 aromatic heterocycles. The maximum atomic E-state index is 4.40. The highest BCUT2D eigenvalue weighted by Crippen LogP contribution is 2.24. The largest absolute Gasteiger partial charge is 0.329 e. The second-order valence-electron chi connectivity index (χ2n) is 7.14. The quantitative estimate of drug-likeness (QED) is 0.707. The molecule has 0 N–H and O–H groups in total. The maximum absolute atomic E-state index is 4.40. The van der Waals surface area contributed by atoms with Crippen molar-refractivity contribution in [2.45, 2.75) is 19.1 Å².